The zero-order valence-electron chi connectivity index (χ0n) is 19.0. The van der Waals surface area contributed by atoms with E-state index in [2.05, 4.69) is 39.2 Å². The van der Waals surface area contributed by atoms with Crippen molar-refractivity contribution in [1.29, 1.82) is 0 Å². The van der Waals surface area contributed by atoms with Gasteiger partial charge in [0.25, 0.3) is 0 Å². The smallest absolute Gasteiger partial charge is 0.199 e. The number of benzene rings is 1. The molecular weight excluding hydrogens is 434 g/mol. The number of hydrogen-bond donors (Lipinski definition) is 1. The summed E-state index contributed by atoms with van der Waals surface area (Å²) in [5, 5.41) is 16.2. The second-order valence-corrected chi connectivity index (χ2v) is 9.39. The standard InChI is InChI=1S/C26H24F2N6/c1-3-6-22-30-25(34-32-22)19-9-5-10-21(29-19)26-13-16(14(26)2)11-15-12-20(31-33-24(15)26)23-17(27)7-4-8-18(23)28/h4-5,7-10,12,14,16H,3,6,11,13H2,1-2H3,(H,30,32,34)/t14?,16?,26-/m0/s1. The molecule has 172 valence electrons. The Morgan fingerprint density at radius 3 is 2.59 bits per heavy atom. The van der Waals surface area contributed by atoms with E-state index >= 15 is 0 Å². The molecule has 3 heterocycles. The summed E-state index contributed by atoms with van der Waals surface area (Å²) in [6.07, 6.45) is 3.56. The van der Waals surface area contributed by atoms with Gasteiger partial charge in [0.15, 0.2) is 5.82 Å². The van der Waals surface area contributed by atoms with Gasteiger partial charge in [-0.25, -0.2) is 18.7 Å². The van der Waals surface area contributed by atoms with Crippen molar-refractivity contribution >= 4 is 0 Å². The Balaban J connectivity index is 1.43. The Kier molecular flexibility index (Phi) is 4.79. The van der Waals surface area contributed by atoms with Crippen molar-refractivity contribution in [3.8, 4) is 22.8 Å². The van der Waals surface area contributed by atoms with E-state index in [0.29, 0.717) is 23.4 Å². The molecule has 3 aliphatic rings. The summed E-state index contributed by atoms with van der Waals surface area (Å²) >= 11 is 0. The third kappa shape index (κ3) is 3.01. The van der Waals surface area contributed by atoms with Gasteiger partial charge in [-0.05, 0) is 67.0 Å². The van der Waals surface area contributed by atoms with E-state index in [4.69, 9.17) is 4.98 Å². The third-order valence-electron chi connectivity index (χ3n) is 7.52. The fraction of sp³-hybridized carbons (Fsp3) is 0.346. The number of H-pyrrole nitrogens is 1. The summed E-state index contributed by atoms with van der Waals surface area (Å²) in [4.78, 5) is 9.56. The summed E-state index contributed by atoms with van der Waals surface area (Å²) in [5.41, 5.74) is 3.18. The van der Waals surface area contributed by atoms with Crippen LogP contribution in [0.3, 0.4) is 0 Å². The highest BCUT2D eigenvalue weighted by Crippen LogP contribution is 2.61. The minimum absolute atomic E-state index is 0.133. The van der Waals surface area contributed by atoms with Crippen molar-refractivity contribution in [1.82, 2.24) is 30.4 Å². The maximum atomic E-state index is 14.4. The first-order valence-electron chi connectivity index (χ1n) is 11.7. The van der Waals surface area contributed by atoms with Gasteiger partial charge in [0.1, 0.15) is 23.2 Å². The molecular formula is C26H24F2N6. The van der Waals surface area contributed by atoms with Crippen LogP contribution in [0.5, 0.6) is 0 Å². The van der Waals surface area contributed by atoms with Gasteiger partial charge in [0.05, 0.1) is 28.1 Å². The van der Waals surface area contributed by atoms with E-state index in [1.165, 1.54) is 18.2 Å². The molecule has 0 saturated heterocycles. The number of rotatable bonds is 5. The van der Waals surface area contributed by atoms with E-state index in [1.807, 2.05) is 18.2 Å². The van der Waals surface area contributed by atoms with Crippen molar-refractivity contribution < 1.29 is 8.78 Å². The zero-order valence-corrected chi connectivity index (χ0v) is 19.0. The topological polar surface area (TPSA) is 80.2 Å². The van der Waals surface area contributed by atoms with Crippen molar-refractivity contribution in [2.45, 2.75) is 44.9 Å². The first-order valence-corrected chi connectivity index (χ1v) is 11.7. The molecule has 0 radical (unpaired) electrons. The van der Waals surface area contributed by atoms with Crippen LogP contribution in [0.1, 0.15) is 49.5 Å². The van der Waals surface area contributed by atoms with Crippen LogP contribution in [-0.2, 0) is 18.3 Å². The van der Waals surface area contributed by atoms with Crippen LogP contribution in [-0.4, -0.2) is 30.4 Å². The van der Waals surface area contributed by atoms with Crippen LogP contribution < -0.4 is 0 Å². The average Bonchev–Trinajstić information content (AvgIpc) is 3.32. The second kappa shape index (κ2) is 7.75. The largest absolute Gasteiger partial charge is 0.263 e. The lowest BCUT2D eigenvalue weighted by molar-refractivity contribution is 0.0510. The molecule has 2 bridgehead atoms. The van der Waals surface area contributed by atoms with Gasteiger partial charge in [-0.2, -0.15) is 10.2 Å². The molecule has 4 aromatic rings. The molecule has 1 N–H and O–H groups in total. The van der Waals surface area contributed by atoms with E-state index in [1.54, 1.807) is 6.07 Å². The Labute approximate surface area is 195 Å². The highest BCUT2D eigenvalue weighted by atomic mass is 19.1. The van der Waals surface area contributed by atoms with Crippen LogP contribution in [0.4, 0.5) is 8.78 Å². The first-order chi connectivity index (χ1) is 16.5. The van der Waals surface area contributed by atoms with Crippen molar-refractivity contribution in [2.75, 3.05) is 0 Å². The molecule has 0 aliphatic heterocycles. The molecule has 3 aromatic heterocycles. The number of halogens is 2. The number of nitrogens with zero attached hydrogens (tertiary/aromatic N) is 5. The van der Waals surface area contributed by atoms with Crippen LogP contribution in [0.15, 0.2) is 42.5 Å². The molecule has 3 atom stereocenters. The highest BCUT2D eigenvalue weighted by molar-refractivity contribution is 5.62. The maximum Gasteiger partial charge on any atom is 0.199 e. The van der Waals surface area contributed by atoms with Crippen LogP contribution in [0, 0.1) is 23.5 Å². The van der Waals surface area contributed by atoms with Gasteiger partial charge in [-0.1, -0.05) is 26.0 Å². The minimum Gasteiger partial charge on any atom is -0.263 e. The van der Waals surface area contributed by atoms with Crippen molar-refractivity contribution in [3.63, 3.8) is 0 Å². The minimum atomic E-state index is -0.637. The number of aryl methyl sites for hydroxylation is 1. The lowest BCUT2D eigenvalue weighted by Crippen LogP contribution is -2.56. The lowest BCUT2D eigenvalue weighted by Gasteiger charge is -2.57. The van der Waals surface area contributed by atoms with Gasteiger partial charge >= 0.3 is 0 Å². The predicted molar refractivity (Wildman–Crippen MR) is 123 cm³/mol. The average molecular weight is 459 g/mol. The molecule has 1 fully saturated rings. The molecule has 1 saturated carbocycles. The molecule has 0 spiro atoms. The van der Waals surface area contributed by atoms with Crippen LogP contribution >= 0.6 is 0 Å². The zero-order chi connectivity index (χ0) is 23.4. The van der Waals surface area contributed by atoms with Gasteiger partial charge in [0.2, 0.25) is 0 Å². The number of nitrogens with one attached hydrogen (secondary N) is 1. The fourth-order valence-corrected chi connectivity index (χ4v) is 5.71. The molecule has 2 unspecified atom stereocenters. The molecule has 7 rings (SSSR count). The number of hydrogen-bond acceptors (Lipinski definition) is 5. The van der Waals surface area contributed by atoms with E-state index in [-0.39, 0.29) is 16.7 Å². The Morgan fingerprint density at radius 2 is 1.82 bits per heavy atom. The van der Waals surface area contributed by atoms with Crippen molar-refractivity contribution in [3.05, 3.63) is 76.9 Å². The lowest BCUT2D eigenvalue weighted by atomic mass is 9.46. The number of pyridine rings is 1. The summed E-state index contributed by atoms with van der Waals surface area (Å²) in [6, 6.07) is 11.6. The van der Waals surface area contributed by atoms with Crippen molar-refractivity contribution in [2.24, 2.45) is 11.8 Å². The summed E-state index contributed by atoms with van der Waals surface area (Å²) < 4.78 is 28.8. The molecule has 6 nitrogen and oxygen atoms in total. The number of aromatic nitrogens is 6. The molecule has 34 heavy (non-hydrogen) atoms. The van der Waals surface area contributed by atoms with E-state index in [9.17, 15) is 8.78 Å². The summed E-state index contributed by atoms with van der Waals surface area (Å²) in [6.45, 7) is 4.33. The molecule has 8 heteroatoms. The fourth-order valence-electron chi connectivity index (χ4n) is 5.71. The Bertz CT molecular complexity index is 1380. The van der Waals surface area contributed by atoms with Gasteiger partial charge in [0, 0.05) is 6.42 Å². The second-order valence-electron chi connectivity index (χ2n) is 9.39. The van der Waals surface area contributed by atoms with Crippen LogP contribution in [0.25, 0.3) is 22.8 Å². The van der Waals surface area contributed by atoms with E-state index < -0.39 is 11.6 Å². The monoisotopic (exact) mass is 458 g/mol. The third-order valence-corrected chi connectivity index (χ3v) is 7.52. The normalized spacial score (nSPS) is 22.8. The van der Waals surface area contributed by atoms with Gasteiger partial charge < -0.3 is 0 Å². The van der Waals surface area contributed by atoms with Crippen LogP contribution in [0.2, 0.25) is 0 Å². The quantitative estimate of drug-likeness (QED) is 0.453. The maximum absolute atomic E-state index is 14.4. The van der Waals surface area contributed by atoms with Gasteiger partial charge in [-0.3, -0.25) is 5.10 Å². The molecule has 1 aromatic carbocycles. The summed E-state index contributed by atoms with van der Waals surface area (Å²) in [5.74, 6) is 0.943. The van der Waals surface area contributed by atoms with Gasteiger partial charge in [-0.15, -0.1) is 5.10 Å². The number of aromatic amines is 1. The molecule has 0 amide bonds. The first kappa shape index (κ1) is 21.0. The predicted octanol–water partition coefficient (Wildman–Crippen LogP) is 5.05. The Morgan fingerprint density at radius 1 is 1.03 bits per heavy atom. The Hall–Kier alpha value is -3.55. The molecule has 3 aliphatic carbocycles. The summed E-state index contributed by atoms with van der Waals surface area (Å²) in [7, 11) is 0. The SMILES string of the molecule is CCCc1nc(-c2cccc([C@@]34CC(Cc5cc(-c6c(F)cccc6F)nnc53)C4C)n2)n[nH]1. The van der Waals surface area contributed by atoms with E-state index in [0.717, 1.165) is 48.5 Å². The highest BCUT2D eigenvalue weighted by Gasteiger charge is 2.59.